The van der Waals surface area contributed by atoms with Crippen LogP contribution in [-0.4, -0.2) is 71.2 Å². The molecule has 1 amide bonds. The molecule has 7 heteroatoms. The summed E-state index contributed by atoms with van der Waals surface area (Å²) in [5.74, 6) is -2.06. The van der Waals surface area contributed by atoms with Crippen LogP contribution in [0.25, 0.3) is 0 Å². The van der Waals surface area contributed by atoms with Crippen LogP contribution in [-0.2, 0) is 9.59 Å². The quantitative estimate of drug-likeness (QED) is 0.609. The fourth-order valence-electron chi connectivity index (χ4n) is 3.07. The zero-order valence-corrected chi connectivity index (χ0v) is 15.1. The first-order valence-electron chi connectivity index (χ1n) is 8.74. The SMILES string of the molecule is C=C(C)CN1CCN(C[C@@H](CC(=O)Nc2cccc(O)c2)C(=O)O)CC1. The largest absolute Gasteiger partial charge is 0.508 e. The van der Waals surface area contributed by atoms with Gasteiger partial charge in [-0.15, -0.1) is 0 Å². The summed E-state index contributed by atoms with van der Waals surface area (Å²) >= 11 is 0. The Morgan fingerprint density at radius 1 is 1.23 bits per heavy atom. The normalized spacial score (nSPS) is 16.8. The van der Waals surface area contributed by atoms with E-state index in [4.69, 9.17) is 0 Å². The van der Waals surface area contributed by atoms with Crippen molar-refractivity contribution in [2.75, 3.05) is 44.6 Å². The van der Waals surface area contributed by atoms with Gasteiger partial charge in [-0.25, -0.2) is 0 Å². The van der Waals surface area contributed by atoms with Crippen molar-refractivity contribution in [2.24, 2.45) is 5.92 Å². The highest BCUT2D eigenvalue weighted by atomic mass is 16.4. The van der Waals surface area contributed by atoms with E-state index in [1.54, 1.807) is 12.1 Å². The van der Waals surface area contributed by atoms with Crippen molar-refractivity contribution >= 4 is 17.6 Å². The Morgan fingerprint density at radius 3 is 2.46 bits per heavy atom. The molecular weight excluding hydrogens is 334 g/mol. The topological polar surface area (TPSA) is 93.1 Å². The highest BCUT2D eigenvalue weighted by Gasteiger charge is 2.26. The fraction of sp³-hybridized carbons (Fsp3) is 0.474. The average molecular weight is 361 g/mol. The Labute approximate surface area is 153 Å². The Morgan fingerprint density at radius 2 is 1.88 bits per heavy atom. The van der Waals surface area contributed by atoms with Gasteiger partial charge in [-0.05, 0) is 19.1 Å². The van der Waals surface area contributed by atoms with Crippen LogP contribution in [0.4, 0.5) is 5.69 Å². The van der Waals surface area contributed by atoms with Crippen LogP contribution in [0, 0.1) is 5.92 Å². The third kappa shape index (κ3) is 6.50. The van der Waals surface area contributed by atoms with Gasteiger partial charge in [0.05, 0.1) is 5.92 Å². The predicted octanol–water partition coefficient (Wildman–Crippen LogP) is 1.62. The van der Waals surface area contributed by atoms with Gasteiger partial charge in [0.25, 0.3) is 0 Å². The molecule has 3 N–H and O–H groups in total. The molecule has 0 spiro atoms. The van der Waals surface area contributed by atoms with Crippen molar-refractivity contribution in [3.63, 3.8) is 0 Å². The molecule has 0 aliphatic carbocycles. The summed E-state index contributed by atoms with van der Waals surface area (Å²) in [5, 5.41) is 21.5. The van der Waals surface area contributed by atoms with E-state index >= 15 is 0 Å². The van der Waals surface area contributed by atoms with Gasteiger partial charge in [-0.1, -0.05) is 18.2 Å². The summed E-state index contributed by atoms with van der Waals surface area (Å²) in [5.41, 5.74) is 1.57. The number of carbonyl (C=O) groups excluding carboxylic acids is 1. The standard InChI is InChI=1S/C19H27N3O4/c1-14(2)12-21-6-8-22(9-7-21)13-15(19(25)26)10-18(24)20-16-4-3-5-17(23)11-16/h3-5,11,15,23H,1,6-10,12-13H2,2H3,(H,20,24)(H,25,26)/t15-/m1/s1. The monoisotopic (exact) mass is 361 g/mol. The van der Waals surface area contributed by atoms with Crippen molar-refractivity contribution in [3.05, 3.63) is 36.4 Å². The van der Waals surface area contributed by atoms with E-state index in [-0.39, 0.29) is 18.1 Å². The maximum atomic E-state index is 12.2. The zero-order chi connectivity index (χ0) is 19.1. The lowest BCUT2D eigenvalue weighted by Gasteiger charge is -2.35. The summed E-state index contributed by atoms with van der Waals surface area (Å²) in [7, 11) is 0. The molecular formula is C19H27N3O4. The minimum atomic E-state index is -0.972. The first-order valence-corrected chi connectivity index (χ1v) is 8.74. The number of aliphatic carboxylic acids is 1. The highest BCUT2D eigenvalue weighted by molar-refractivity contribution is 5.93. The lowest BCUT2D eigenvalue weighted by Crippen LogP contribution is -2.49. The summed E-state index contributed by atoms with van der Waals surface area (Å²) < 4.78 is 0. The van der Waals surface area contributed by atoms with Crippen LogP contribution < -0.4 is 5.32 Å². The number of hydrogen-bond acceptors (Lipinski definition) is 5. The van der Waals surface area contributed by atoms with Crippen LogP contribution in [0.5, 0.6) is 5.75 Å². The number of carboxylic acid groups (broad SMARTS) is 1. The molecule has 0 saturated carbocycles. The maximum absolute atomic E-state index is 12.2. The summed E-state index contributed by atoms with van der Waals surface area (Å²) in [4.78, 5) is 28.1. The Balaban J connectivity index is 1.84. The van der Waals surface area contributed by atoms with Crippen molar-refractivity contribution < 1.29 is 19.8 Å². The van der Waals surface area contributed by atoms with Crippen molar-refractivity contribution in [2.45, 2.75) is 13.3 Å². The number of phenolic OH excluding ortho intramolecular Hbond substituents is 1. The molecule has 1 heterocycles. The molecule has 1 saturated heterocycles. The lowest BCUT2D eigenvalue weighted by atomic mass is 10.0. The molecule has 0 radical (unpaired) electrons. The number of nitrogens with one attached hydrogen (secondary N) is 1. The van der Waals surface area contributed by atoms with E-state index < -0.39 is 11.9 Å². The van der Waals surface area contributed by atoms with E-state index in [1.807, 2.05) is 6.92 Å². The van der Waals surface area contributed by atoms with Crippen molar-refractivity contribution in [3.8, 4) is 5.75 Å². The van der Waals surface area contributed by atoms with Gasteiger partial charge in [0.1, 0.15) is 5.75 Å². The molecule has 26 heavy (non-hydrogen) atoms. The molecule has 142 valence electrons. The fourth-order valence-corrected chi connectivity index (χ4v) is 3.07. The number of nitrogens with zero attached hydrogens (tertiary/aromatic N) is 2. The molecule has 1 atom stereocenters. The van der Waals surface area contributed by atoms with E-state index in [1.165, 1.54) is 12.1 Å². The number of aromatic hydroxyl groups is 1. The van der Waals surface area contributed by atoms with Crippen molar-refractivity contribution in [1.82, 2.24) is 9.80 Å². The van der Waals surface area contributed by atoms with Gasteiger partial charge in [0.2, 0.25) is 5.91 Å². The number of phenols is 1. The molecule has 1 aromatic rings. The van der Waals surface area contributed by atoms with E-state index in [9.17, 15) is 19.8 Å². The molecule has 1 fully saturated rings. The van der Waals surface area contributed by atoms with Crippen molar-refractivity contribution in [1.29, 1.82) is 0 Å². The summed E-state index contributed by atoms with van der Waals surface area (Å²) in [6.45, 7) is 10.4. The number of anilines is 1. The van der Waals surface area contributed by atoms with Gasteiger partial charge in [-0.3, -0.25) is 19.4 Å². The predicted molar refractivity (Wildman–Crippen MR) is 100 cm³/mol. The first kappa shape index (κ1) is 19.9. The number of piperazine rings is 1. The maximum Gasteiger partial charge on any atom is 0.308 e. The summed E-state index contributed by atoms with van der Waals surface area (Å²) in [6, 6.07) is 6.19. The Kier molecular flexibility index (Phi) is 7.17. The number of amides is 1. The second kappa shape index (κ2) is 9.35. The van der Waals surface area contributed by atoms with E-state index in [0.717, 1.165) is 38.3 Å². The number of hydrogen-bond donors (Lipinski definition) is 3. The van der Waals surface area contributed by atoms with Crippen LogP contribution in [0.1, 0.15) is 13.3 Å². The first-order chi connectivity index (χ1) is 12.3. The molecule has 0 aromatic heterocycles. The molecule has 0 unspecified atom stereocenters. The molecule has 1 aromatic carbocycles. The molecule has 1 aliphatic heterocycles. The van der Waals surface area contributed by atoms with Gasteiger partial charge in [0, 0.05) is 57.4 Å². The Hall–Kier alpha value is -2.38. The minimum Gasteiger partial charge on any atom is -0.508 e. The van der Waals surface area contributed by atoms with Crippen LogP contribution in [0.2, 0.25) is 0 Å². The van der Waals surface area contributed by atoms with Gasteiger partial charge in [-0.2, -0.15) is 0 Å². The minimum absolute atomic E-state index is 0.0465. The molecule has 2 rings (SSSR count). The highest BCUT2D eigenvalue weighted by Crippen LogP contribution is 2.17. The van der Waals surface area contributed by atoms with Crippen LogP contribution in [0.3, 0.4) is 0 Å². The van der Waals surface area contributed by atoms with E-state index in [0.29, 0.717) is 12.2 Å². The zero-order valence-electron chi connectivity index (χ0n) is 15.1. The van der Waals surface area contributed by atoms with Crippen LogP contribution >= 0.6 is 0 Å². The number of rotatable bonds is 8. The number of carbonyl (C=O) groups is 2. The Bertz CT molecular complexity index is 654. The number of carboxylic acids is 1. The average Bonchev–Trinajstić information content (AvgIpc) is 2.55. The molecule has 7 nitrogen and oxygen atoms in total. The molecule has 1 aliphatic rings. The van der Waals surface area contributed by atoms with Gasteiger partial charge in [0.15, 0.2) is 0 Å². The van der Waals surface area contributed by atoms with Gasteiger partial charge >= 0.3 is 5.97 Å². The van der Waals surface area contributed by atoms with E-state index in [2.05, 4.69) is 21.7 Å². The number of benzene rings is 1. The molecule has 0 bridgehead atoms. The third-order valence-electron chi connectivity index (χ3n) is 4.35. The van der Waals surface area contributed by atoms with Gasteiger partial charge < -0.3 is 15.5 Å². The second-order valence-electron chi connectivity index (χ2n) is 6.87. The summed E-state index contributed by atoms with van der Waals surface area (Å²) in [6.07, 6.45) is -0.100. The van der Waals surface area contributed by atoms with Crippen LogP contribution in [0.15, 0.2) is 36.4 Å². The third-order valence-corrected chi connectivity index (χ3v) is 4.35. The second-order valence-corrected chi connectivity index (χ2v) is 6.87. The smallest absolute Gasteiger partial charge is 0.308 e. The lowest BCUT2D eigenvalue weighted by molar-refractivity contribution is -0.144.